The SMILES string of the molecule is CNC1=CC=CC2=NNCN12. The highest BCUT2D eigenvalue weighted by atomic mass is 15.5. The molecule has 0 atom stereocenters. The molecule has 0 aromatic heterocycles. The van der Waals surface area contributed by atoms with E-state index in [1.807, 2.05) is 25.3 Å². The van der Waals surface area contributed by atoms with Crippen LogP contribution < -0.4 is 10.7 Å². The molecule has 0 spiro atoms. The number of amidine groups is 1. The van der Waals surface area contributed by atoms with Crippen LogP contribution in [-0.4, -0.2) is 24.5 Å². The summed E-state index contributed by atoms with van der Waals surface area (Å²) >= 11 is 0. The van der Waals surface area contributed by atoms with E-state index in [9.17, 15) is 0 Å². The van der Waals surface area contributed by atoms with Gasteiger partial charge in [0, 0.05) is 7.05 Å². The molecule has 2 aliphatic rings. The summed E-state index contributed by atoms with van der Waals surface area (Å²) < 4.78 is 0. The van der Waals surface area contributed by atoms with Crippen LogP contribution in [-0.2, 0) is 0 Å². The van der Waals surface area contributed by atoms with Gasteiger partial charge >= 0.3 is 0 Å². The van der Waals surface area contributed by atoms with Crippen molar-refractivity contribution in [2.45, 2.75) is 0 Å². The quantitative estimate of drug-likeness (QED) is 0.543. The van der Waals surface area contributed by atoms with Gasteiger partial charge in [-0.1, -0.05) is 6.08 Å². The molecule has 0 saturated carbocycles. The number of hydrogen-bond acceptors (Lipinski definition) is 4. The van der Waals surface area contributed by atoms with E-state index >= 15 is 0 Å². The molecule has 0 amide bonds. The van der Waals surface area contributed by atoms with E-state index in [-0.39, 0.29) is 0 Å². The third-order valence-electron chi connectivity index (χ3n) is 1.75. The lowest BCUT2D eigenvalue weighted by molar-refractivity contribution is 0.481. The van der Waals surface area contributed by atoms with Crippen molar-refractivity contribution in [3.05, 3.63) is 24.0 Å². The molecule has 0 aromatic rings. The van der Waals surface area contributed by atoms with Gasteiger partial charge in [-0.2, -0.15) is 5.10 Å². The summed E-state index contributed by atoms with van der Waals surface area (Å²) in [6.07, 6.45) is 5.97. The van der Waals surface area contributed by atoms with Crippen molar-refractivity contribution in [2.24, 2.45) is 5.10 Å². The van der Waals surface area contributed by atoms with Gasteiger partial charge in [0.15, 0.2) is 5.84 Å². The minimum atomic E-state index is 0.756. The maximum atomic E-state index is 4.08. The Morgan fingerprint density at radius 2 is 2.64 bits per heavy atom. The molecule has 2 rings (SSSR count). The van der Waals surface area contributed by atoms with Crippen molar-refractivity contribution in [2.75, 3.05) is 13.7 Å². The van der Waals surface area contributed by atoms with E-state index in [4.69, 9.17) is 0 Å². The lowest BCUT2D eigenvalue weighted by Crippen LogP contribution is -2.34. The van der Waals surface area contributed by atoms with Gasteiger partial charge in [-0.25, -0.2) is 0 Å². The van der Waals surface area contributed by atoms with Gasteiger partial charge in [0.05, 0.1) is 0 Å². The molecule has 11 heavy (non-hydrogen) atoms. The Morgan fingerprint density at radius 1 is 1.73 bits per heavy atom. The molecule has 2 heterocycles. The van der Waals surface area contributed by atoms with E-state index in [0.29, 0.717) is 0 Å². The van der Waals surface area contributed by atoms with E-state index < -0.39 is 0 Å². The van der Waals surface area contributed by atoms with Gasteiger partial charge in [-0.05, 0) is 12.2 Å². The molecular formula is C7H10N4. The molecule has 0 radical (unpaired) electrons. The maximum Gasteiger partial charge on any atom is 0.155 e. The number of allylic oxidation sites excluding steroid dienone is 2. The molecule has 2 N–H and O–H groups in total. The molecule has 58 valence electrons. The first-order valence-electron chi connectivity index (χ1n) is 3.56. The van der Waals surface area contributed by atoms with Crippen LogP contribution >= 0.6 is 0 Å². The lowest BCUT2D eigenvalue weighted by Gasteiger charge is -2.22. The smallest absolute Gasteiger partial charge is 0.155 e. The number of rotatable bonds is 1. The normalized spacial score (nSPS) is 20.3. The summed E-state index contributed by atoms with van der Waals surface area (Å²) in [5.74, 6) is 2.05. The third-order valence-corrected chi connectivity index (χ3v) is 1.75. The Morgan fingerprint density at radius 3 is 3.45 bits per heavy atom. The van der Waals surface area contributed by atoms with Crippen LogP contribution in [0.1, 0.15) is 0 Å². The maximum absolute atomic E-state index is 4.08. The summed E-state index contributed by atoms with van der Waals surface area (Å²) in [5.41, 5.74) is 2.91. The fourth-order valence-electron chi connectivity index (χ4n) is 1.20. The number of nitrogens with one attached hydrogen (secondary N) is 2. The highest BCUT2D eigenvalue weighted by Crippen LogP contribution is 2.10. The second kappa shape index (κ2) is 2.30. The van der Waals surface area contributed by atoms with E-state index in [1.165, 1.54) is 0 Å². The Labute approximate surface area is 65.3 Å². The number of hydrazone groups is 1. The third kappa shape index (κ3) is 0.869. The Balaban J connectivity index is 2.29. The molecule has 0 bridgehead atoms. The van der Waals surface area contributed by atoms with Crippen LogP contribution in [0.15, 0.2) is 29.2 Å². The predicted octanol–water partition coefficient (Wildman–Crippen LogP) is -0.207. The van der Waals surface area contributed by atoms with Gasteiger partial charge < -0.3 is 5.32 Å². The molecule has 0 saturated heterocycles. The minimum Gasteiger partial charge on any atom is -0.374 e. The molecule has 4 heteroatoms. The fraction of sp³-hybridized carbons (Fsp3) is 0.286. The first-order valence-corrected chi connectivity index (χ1v) is 3.56. The minimum absolute atomic E-state index is 0.756. The zero-order valence-corrected chi connectivity index (χ0v) is 6.33. The lowest BCUT2D eigenvalue weighted by atomic mass is 10.3. The average molecular weight is 150 g/mol. The highest BCUT2D eigenvalue weighted by Gasteiger charge is 2.19. The van der Waals surface area contributed by atoms with Gasteiger partial charge in [-0.15, -0.1) is 0 Å². The van der Waals surface area contributed by atoms with Crippen LogP contribution in [0.3, 0.4) is 0 Å². The van der Waals surface area contributed by atoms with E-state index in [1.54, 1.807) is 0 Å². The number of fused-ring (bicyclic) bond motifs is 1. The van der Waals surface area contributed by atoms with Crippen LogP contribution in [0.4, 0.5) is 0 Å². The summed E-state index contributed by atoms with van der Waals surface area (Å²) in [5, 5.41) is 7.17. The largest absolute Gasteiger partial charge is 0.374 e. The zero-order chi connectivity index (χ0) is 7.68. The van der Waals surface area contributed by atoms with Crippen molar-refractivity contribution < 1.29 is 0 Å². The van der Waals surface area contributed by atoms with E-state index in [0.717, 1.165) is 18.3 Å². The topological polar surface area (TPSA) is 39.7 Å². The zero-order valence-electron chi connectivity index (χ0n) is 6.33. The molecule has 2 aliphatic heterocycles. The van der Waals surface area contributed by atoms with Crippen molar-refractivity contribution in [3.8, 4) is 0 Å². The number of nitrogens with zero attached hydrogens (tertiary/aromatic N) is 2. The summed E-state index contributed by atoms with van der Waals surface area (Å²) in [4.78, 5) is 2.07. The van der Waals surface area contributed by atoms with Crippen molar-refractivity contribution >= 4 is 5.84 Å². The van der Waals surface area contributed by atoms with Gasteiger partial charge in [0.2, 0.25) is 0 Å². The molecule has 4 nitrogen and oxygen atoms in total. The van der Waals surface area contributed by atoms with Crippen LogP contribution in [0.5, 0.6) is 0 Å². The van der Waals surface area contributed by atoms with Gasteiger partial charge in [0.25, 0.3) is 0 Å². The van der Waals surface area contributed by atoms with Crippen molar-refractivity contribution in [1.29, 1.82) is 0 Å². The Hall–Kier alpha value is -1.45. The van der Waals surface area contributed by atoms with Crippen LogP contribution in [0.25, 0.3) is 0 Å². The molecule has 0 aromatic carbocycles. The second-order valence-electron chi connectivity index (χ2n) is 2.38. The van der Waals surface area contributed by atoms with Crippen LogP contribution in [0, 0.1) is 0 Å². The van der Waals surface area contributed by atoms with Crippen molar-refractivity contribution in [1.82, 2.24) is 15.6 Å². The Bertz CT molecular complexity index is 251. The monoisotopic (exact) mass is 150 g/mol. The van der Waals surface area contributed by atoms with Gasteiger partial charge in [0.1, 0.15) is 12.5 Å². The number of hydrogen-bond donors (Lipinski definition) is 2. The van der Waals surface area contributed by atoms with Crippen LogP contribution in [0.2, 0.25) is 0 Å². The van der Waals surface area contributed by atoms with Crippen molar-refractivity contribution in [3.63, 3.8) is 0 Å². The summed E-state index contributed by atoms with van der Waals surface area (Å²) in [6.45, 7) is 0.756. The highest BCUT2D eigenvalue weighted by molar-refractivity contribution is 5.96. The van der Waals surface area contributed by atoms with E-state index in [2.05, 4.69) is 20.7 Å². The standard InChI is InChI=1S/C7H10N4/c1-8-6-3-2-4-7-10-9-5-11(6)7/h2-4,8-9H,5H2,1H3. The first kappa shape index (κ1) is 6.27. The fourth-order valence-corrected chi connectivity index (χ4v) is 1.20. The van der Waals surface area contributed by atoms with Gasteiger partial charge in [-0.3, -0.25) is 10.3 Å². The first-order chi connectivity index (χ1) is 5.42. The summed E-state index contributed by atoms with van der Waals surface area (Å²) in [6, 6.07) is 0. The molecule has 0 fully saturated rings. The average Bonchev–Trinajstić information content (AvgIpc) is 2.50. The predicted molar refractivity (Wildman–Crippen MR) is 43.6 cm³/mol. The molecule has 0 unspecified atom stereocenters. The molecule has 0 aliphatic carbocycles. The Kier molecular flexibility index (Phi) is 1.31. The molecular weight excluding hydrogens is 140 g/mol. The summed E-state index contributed by atoms with van der Waals surface area (Å²) in [7, 11) is 1.90. The second-order valence-corrected chi connectivity index (χ2v) is 2.38.